The molecule has 1 aliphatic heterocycles. The zero-order valence-electron chi connectivity index (χ0n) is 14.4. The molecular weight excluding hydrogens is 298 g/mol. The van der Waals surface area contributed by atoms with Crippen molar-refractivity contribution >= 4 is 11.6 Å². The smallest absolute Gasteiger partial charge is 0.191 e. The molecule has 5 nitrogen and oxygen atoms in total. The monoisotopic (exact) mass is 323 g/mol. The van der Waals surface area contributed by atoms with E-state index in [-0.39, 0.29) is 0 Å². The molecule has 1 aliphatic rings. The zero-order chi connectivity index (χ0) is 16.8. The predicted molar refractivity (Wildman–Crippen MR) is 99.4 cm³/mol. The van der Waals surface area contributed by atoms with E-state index >= 15 is 0 Å². The molecule has 1 saturated heterocycles. The van der Waals surface area contributed by atoms with Crippen LogP contribution in [0.5, 0.6) is 0 Å². The van der Waals surface area contributed by atoms with Crippen molar-refractivity contribution < 1.29 is 0 Å². The Labute approximate surface area is 143 Å². The summed E-state index contributed by atoms with van der Waals surface area (Å²) in [5.41, 5.74) is 3.60. The number of guanidine groups is 1. The lowest BCUT2D eigenvalue weighted by atomic mass is 10.2. The van der Waals surface area contributed by atoms with Gasteiger partial charge >= 0.3 is 0 Å². The first kappa shape index (κ1) is 16.3. The number of rotatable bonds is 4. The Morgan fingerprint density at radius 2 is 2.08 bits per heavy atom. The topological polar surface area (TPSA) is 52.6 Å². The van der Waals surface area contributed by atoms with Crippen molar-refractivity contribution in [1.82, 2.24) is 15.6 Å². The van der Waals surface area contributed by atoms with Gasteiger partial charge in [0, 0.05) is 38.1 Å². The molecule has 0 bridgehead atoms. The molecule has 2 aromatic rings. The number of pyridine rings is 1. The summed E-state index contributed by atoms with van der Waals surface area (Å²) in [5.74, 6) is 0.830. The Hall–Kier alpha value is -2.56. The Morgan fingerprint density at radius 1 is 1.25 bits per heavy atom. The van der Waals surface area contributed by atoms with E-state index in [0.717, 1.165) is 31.2 Å². The molecule has 0 aliphatic carbocycles. The fourth-order valence-corrected chi connectivity index (χ4v) is 2.93. The number of nitrogens with zero attached hydrogens (tertiary/aromatic N) is 3. The summed E-state index contributed by atoms with van der Waals surface area (Å²) < 4.78 is 0. The predicted octanol–water partition coefficient (Wildman–Crippen LogP) is 2.33. The minimum absolute atomic E-state index is 0.404. The van der Waals surface area contributed by atoms with Crippen LogP contribution in [0.15, 0.2) is 53.7 Å². The number of nitrogens with one attached hydrogen (secondary N) is 2. The molecule has 1 atom stereocenters. The van der Waals surface area contributed by atoms with Crippen molar-refractivity contribution in [3.63, 3.8) is 0 Å². The van der Waals surface area contributed by atoms with Crippen molar-refractivity contribution in [3.05, 3.63) is 59.9 Å². The van der Waals surface area contributed by atoms with Crippen LogP contribution in [0.3, 0.4) is 0 Å². The third-order valence-electron chi connectivity index (χ3n) is 4.31. The largest absolute Gasteiger partial charge is 0.369 e. The Morgan fingerprint density at radius 3 is 2.79 bits per heavy atom. The highest BCUT2D eigenvalue weighted by molar-refractivity contribution is 5.80. The molecule has 3 rings (SSSR count). The van der Waals surface area contributed by atoms with Crippen LogP contribution in [0.1, 0.15) is 17.7 Å². The van der Waals surface area contributed by atoms with Gasteiger partial charge in [0.2, 0.25) is 0 Å². The second kappa shape index (κ2) is 7.81. The van der Waals surface area contributed by atoms with E-state index < -0.39 is 0 Å². The fourth-order valence-electron chi connectivity index (χ4n) is 2.93. The van der Waals surface area contributed by atoms with Crippen molar-refractivity contribution in [1.29, 1.82) is 0 Å². The van der Waals surface area contributed by atoms with Crippen LogP contribution in [0.4, 0.5) is 5.69 Å². The molecule has 1 aromatic heterocycles. The van der Waals surface area contributed by atoms with E-state index in [1.54, 1.807) is 7.05 Å². The van der Waals surface area contributed by atoms with Gasteiger partial charge in [0.25, 0.3) is 0 Å². The second-order valence-corrected chi connectivity index (χ2v) is 6.16. The van der Waals surface area contributed by atoms with Gasteiger partial charge < -0.3 is 15.5 Å². The van der Waals surface area contributed by atoms with Crippen LogP contribution < -0.4 is 15.5 Å². The maximum Gasteiger partial charge on any atom is 0.191 e. The third-order valence-corrected chi connectivity index (χ3v) is 4.31. The second-order valence-electron chi connectivity index (χ2n) is 6.16. The Balaban J connectivity index is 1.51. The molecule has 126 valence electrons. The highest BCUT2D eigenvalue weighted by Crippen LogP contribution is 2.20. The van der Waals surface area contributed by atoms with Crippen molar-refractivity contribution in [3.8, 4) is 0 Å². The molecule has 24 heavy (non-hydrogen) atoms. The van der Waals surface area contributed by atoms with E-state index in [1.807, 2.05) is 24.4 Å². The van der Waals surface area contributed by atoms with Gasteiger partial charge in [-0.1, -0.05) is 23.8 Å². The third kappa shape index (κ3) is 4.25. The summed E-state index contributed by atoms with van der Waals surface area (Å²) in [7, 11) is 1.81. The van der Waals surface area contributed by atoms with Gasteiger partial charge in [-0.05, 0) is 37.6 Å². The number of benzene rings is 1. The van der Waals surface area contributed by atoms with Gasteiger partial charge in [-0.25, -0.2) is 0 Å². The first-order valence-electron chi connectivity index (χ1n) is 8.43. The van der Waals surface area contributed by atoms with Crippen LogP contribution in [-0.4, -0.2) is 37.1 Å². The van der Waals surface area contributed by atoms with Gasteiger partial charge in [0.05, 0.1) is 12.2 Å². The van der Waals surface area contributed by atoms with Crippen LogP contribution in [0.25, 0.3) is 0 Å². The molecule has 1 fully saturated rings. The van der Waals surface area contributed by atoms with Crippen molar-refractivity contribution in [2.45, 2.75) is 25.9 Å². The fraction of sp³-hybridized carbons (Fsp3) is 0.368. The van der Waals surface area contributed by atoms with Gasteiger partial charge in [0.15, 0.2) is 5.96 Å². The van der Waals surface area contributed by atoms with Crippen LogP contribution >= 0.6 is 0 Å². The highest BCUT2D eigenvalue weighted by atomic mass is 15.2. The van der Waals surface area contributed by atoms with Crippen molar-refractivity contribution in [2.24, 2.45) is 4.99 Å². The van der Waals surface area contributed by atoms with E-state index in [1.165, 1.54) is 11.3 Å². The summed E-state index contributed by atoms with van der Waals surface area (Å²) in [6.45, 7) is 4.86. The number of aromatic nitrogens is 1. The maximum atomic E-state index is 4.32. The van der Waals surface area contributed by atoms with Gasteiger partial charge in [-0.15, -0.1) is 0 Å². The summed E-state index contributed by atoms with van der Waals surface area (Å²) in [5, 5.41) is 6.85. The molecule has 0 radical (unpaired) electrons. The van der Waals surface area contributed by atoms with E-state index in [0.29, 0.717) is 12.6 Å². The molecule has 0 amide bonds. The number of hydrogen-bond donors (Lipinski definition) is 2. The lowest BCUT2D eigenvalue weighted by molar-refractivity contribution is 0.647. The van der Waals surface area contributed by atoms with Gasteiger partial charge in [0.1, 0.15) is 0 Å². The first-order valence-corrected chi connectivity index (χ1v) is 8.43. The van der Waals surface area contributed by atoms with Crippen LogP contribution in [0.2, 0.25) is 0 Å². The SMILES string of the molecule is CN=C(NCc1ccccn1)NC1CCN(c2ccc(C)cc2)C1. The Kier molecular flexibility index (Phi) is 5.31. The maximum absolute atomic E-state index is 4.32. The van der Waals surface area contributed by atoms with Gasteiger partial charge in [-0.3, -0.25) is 9.98 Å². The first-order chi connectivity index (χ1) is 11.7. The summed E-state index contributed by atoms with van der Waals surface area (Å²) >= 11 is 0. The van der Waals surface area contributed by atoms with E-state index in [4.69, 9.17) is 0 Å². The molecule has 1 unspecified atom stereocenters. The highest BCUT2D eigenvalue weighted by Gasteiger charge is 2.23. The number of hydrogen-bond acceptors (Lipinski definition) is 3. The molecule has 0 saturated carbocycles. The summed E-state index contributed by atoms with van der Waals surface area (Å²) in [6.07, 6.45) is 2.92. The summed E-state index contributed by atoms with van der Waals surface area (Å²) in [4.78, 5) is 11.1. The number of aryl methyl sites for hydroxylation is 1. The molecular formula is C19H25N5. The number of aliphatic imine (C=N–C) groups is 1. The van der Waals surface area contributed by atoms with E-state index in [2.05, 4.69) is 56.7 Å². The normalized spacial score (nSPS) is 17.8. The molecule has 1 aromatic carbocycles. The Bertz CT molecular complexity index is 666. The lowest BCUT2D eigenvalue weighted by Gasteiger charge is -2.20. The lowest BCUT2D eigenvalue weighted by Crippen LogP contribution is -2.44. The van der Waals surface area contributed by atoms with Gasteiger partial charge in [-0.2, -0.15) is 0 Å². The average molecular weight is 323 g/mol. The number of anilines is 1. The van der Waals surface area contributed by atoms with Crippen LogP contribution in [-0.2, 0) is 6.54 Å². The molecule has 2 N–H and O–H groups in total. The van der Waals surface area contributed by atoms with Crippen molar-refractivity contribution in [2.75, 3.05) is 25.0 Å². The zero-order valence-corrected chi connectivity index (χ0v) is 14.4. The quantitative estimate of drug-likeness (QED) is 0.670. The average Bonchev–Trinajstić information content (AvgIpc) is 3.08. The minimum atomic E-state index is 0.404. The standard InChI is InChI=1S/C19H25N5/c1-15-6-8-18(9-7-15)24-12-10-17(14-24)23-19(20-2)22-13-16-5-3-4-11-21-16/h3-9,11,17H,10,12-14H2,1-2H3,(H2,20,22,23). The van der Waals surface area contributed by atoms with Crippen LogP contribution in [0, 0.1) is 6.92 Å². The molecule has 5 heteroatoms. The molecule has 2 heterocycles. The minimum Gasteiger partial charge on any atom is -0.369 e. The summed E-state index contributed by atoms with van der Waals surface area (Å²) in [6, 6.07) is 15.1. The van der Waals surface area contributed by atoms with E-state index in [9.17, 15) is 0 Å². The molecule has 0 spiro atoms.